The van der Waals surface area contributed by atoms with Crippen LogP contribution < -0.4 is 10.1 Å². The summed E-state index contributed by atoms with van der Waals surface area (Å²) in [6.07, 6.45) is 4.80. The maximum atomic E-state index is 5.73. The zero-order valence-corrected chi connectivity index (χ0v) is 12.0. The average Bonchev–Trinajstić information content (AvgIpc) is 2.36. The summed E-state index contributed by atoms with van der Waals surface area (Å²) in [6.45, 7) is 8.51. The molecule has 1 N–H and O–H groups in total. The Kier molecular flexibility index (Phi) is 7.51. The summed E-state index contributed by atoms with van der Waals surface area (Å²) in [5.74, 6) is 0.993. The van der Waals surface area contributed by atoms with Crippen LogP contribution in [0.4, 0.5) is 0 Å². The molecule has 0 heterocycles. The second-order valence-electron chi connectivity index (χ2n) is 5.02. The Balaban J connectivity index is 2.05. The quantitative estimate of drug-likeness (QED) is 0.669. The topological polar surface area (TPSA) is 21.3 Å². The van der Waals surface area contributed by atoms with Crippen molar-refractivity contribution in [3.63, 3.8) is 0 Å². The highest BCUT2D eigenvalue weighted by Crippen LogP contribution is 2.13. The minimum atomic E-state index is 0.629. The van der Waals surface area contributed by atoms with Crippen molar-refractivity contribution in [2.24, 2.45) is 0 Å². The molecule has 0 saturated heterocycles. The van der Waals surface area contributed by atoms with Crippen molar-refractivity contribution in [3.05, 3.63) is 29.8 Å². The highest BCUT2D eigenvalue weighted by Gasteiger charge is 2.00. The van der Waals surface area contributed by atoms with E-state index < -0.39 is 0 Å². The van der Waals surface area contributed by atoms with E-state index in [2.05, 4.69) is 38.2 Å². The molecule has 1 unspecified atom stereocenters. The number of hydrogen-bond acceptors (Lipinski definition) is 2. The fourth-order valence-corrected chi connectivity index (χ4v) is 1.94. The molecule has 18 heavy (non-hydrogen) atoms. The Morgan fingerprint density at radius 1 is 1.28 bits per heavy atom. The molecule has 1 rings (SSSR count). The number of unbranched alkanes of at least 4 members (excludes halogenated alkanes) is 1. The molecule has 1 aromatic carbocycles. The van der Waals surface area contributed by atoms with Gasteiger partial charge in [-0.1, -0.05) is 19.1 Å². The highest BCUT2D eigenvalue weighted by atomic mass is 16.5. The predicted octanol–water partition coefficient (Wildman–Crippen LogP) is 3.93. The third-order valence-electron chi connectivity index (χ3n) is 3.03. The van der Waals surface area contributed by atoms with Crippen molar-refractivity contribution in [3.8, 4) is 5.75 Å². The molecular formula is C16H27NO. The Morgan fingerprint density at radius 2 is 2.11 bits per heavy atom. The van der Waals surface area contributed by atoms with Crippen LogP contribution in [0.5, 0.6) is 5.75 Å². The van der Waals surface area contributed by atoms with Gasteiger partial charge in [0.15, 0.2) is 0 Å². The molecule has 1 atom stereocenters. The second-order valence-corrected chi connectivity index (χ2v) is 5.02. The Labute approximate surface area is 112 Å². The largest absolute Gasteiger partial charge is 0.494 e. The van der Waals surface area contributed by atoms with E-state index in [0.717, 1.165) is 25.3 Å². The van der Waals surface area contributed by atoms with E-state index in [1.165, 1.54) is 24.8 Å². The molecule has 2 nitrogen and oxygen atoms in total. The van der Waals surface area contributed by atoms with Crippen LogP contribution in [0.1, 0.15) is 45.1 Å². The molecule has 0 aliphatic carbocycles. The van der Waals surface area contributed by atoms with E-state index in [1.54, 1.807) is 0 Å². The second kappa shape index (κ2) is 8.98. The van der Waals surface area contributed by atoms with Gasteiger partial charge in [0.25, 0.3) is 0 Å². The van der Waals surface area contributed by atoms with Gasteiger partial charge < -0.3 is 10.1 Å². The first-order valence-electron chi connectivity index (χ1n) is 7.15. The van der Waals surface area contributed by atoms with E-state index in [0.29, 0.717) is 6.04 Å². The van der Waals surface area contributed by atoms with E-state index in [-0.39, 0.29) is 0 Å². The lowest BCUT2D eigenvalue weighted by atomic mass is 10.1. The van der Waals surface area contributed by atoms with Crippen LogP contribution in [0.25, 0.3) is 0 Å². The SMILES string of the molecule is CCCNC(C)CCCCOc1cccc(C)c1. The highest BCUT2D eigenvalue weighted by molar-refractivity contribution is 5.27. The number of aryl methyl sites for hydroxylation is 1. The van der Waals surface area contributed by atoms with Crippen molar-refractivity contribution in [2.45, 2.75) is 52.5 Å². The van der Waals surface area contributed by atoms with Crippen LogP contribution in [0.3, 0.4) is 0 Å². The van der Waals surface area contributed by atoms with Gasteiger partial charge in [-0.15, -0.1) is 0 Å². The summed E-state index contributed by atoms with van der Waals surface area (Å²) < 4.78 is 5.73. The van der Waals surface area contributed by atoms with Crippen LogP contribution in [0.2, 0.25) is 0 Å². The van der Waals surface area contributed by atoms with Crippen LogP contribution in [-0.4, -0.2) is 19.2 Å². The van der Waals surface area contributed by atoms with Crippen molar-refractivity contribution in [2.75, 3.05) is 13.2 Å². The molecule has 0 fully saturated rings. The van der Waals surface area contributed by atoms with Crippen molar-refractivity contribution < 1.29 is 4.74 Å². The lowest BCUT2D eigenvalue weighted by Crippen LogP contribution is -2.26. The molecular weight excluding hydrogens is 222 g/mol. The number of nitrogens with one attached hydrogen (secondary N) is 1. The summed E-state index contributed by atoms with van der Waals surface area (Å²) in [4.78, 5) is 0. The lowest BCUT2D eigenvalue weighted by molar-refractivity contribution is 0.301. The lowest BCUT2D eigenvalue weighted by Gasteiger charge is -2.13. The Morgan fingerprint density at radius 3 is 2.83 bits per heavy atom. The van der Waals surface area contributed by atoms with Crippen LogP contribution >= 0.6 is 0 Å². The molecule has 102 valence electrons. The molecule has 0 bridgehead atoms. The van der Waals surface area contributed by atoms with Gasteiger partial charge in [0.2, 0.25) is 0 Å². The van der Waals surface area contributed by atoms with Gasteiger partial charge in [0.05, 0.1) is 6.61 Å². The third-order valence-corrected chi connectivity index (χ3v) is 3.03. The normalized spacial score (nSPS) is 12.4. The van der Waals surface area contributed by atoms with Crippen LogP contribution in [-0.2, 0) is 0 Å². The predicted molar refractivity (Wildman–Crippen MR) is 78.3 cm³/mol. The number of ether oxygens (including phenoxy) is 1. The zero-order chi connectivity index (χ0) is 13.2. The van der Waals surface area contributed by atoms with Gasteiger partial charge >= 0.3 is 0 Å². The molecule has 2 heteroatoms. The van der Waals surface area contributed by atoms with Crippen molar-refractivity contribution in [1.29, 1.82) is 0 Å². The summed E-state index contributed by atoms with van der Waals surface area (Å²) in [5.41, 5.74) is 1.25. The van der Waals surface area contributed by atoms with Gasteiger partial charge in [0, 0.05) is 6.04 Å². The van der Waals surface area contributed by atoms with Gasteiger partial charge in [0.1, 0.15) is 5.75 Å². The smallest absolute Gasteiger partial charge is 0.119 e. The minimum absolute atomic E-state index is 0.629. The molecule has 0 spiro atoms. The van der Waals surface area contributed by atoms with Gasteiger partial charge in [-0.3, -0.25) is 0 Å². The van der Waals surface area contributed by atoms with Crippen LogP contribution in [0.15, 0.2) is 24.3 Å². The third kappa shape index (κ3) is 6.65. The van der Waals surface area contributed by atoms with Gasteiger partial charge in [-0.05, 0) is 63.8 Å². The monoisotopic (exact) mass is 249 g/mol. The zero-order valence-electron chi connectivity index (χ0n) is 12.0. The van der Waals surface area contributed by atoms with E-state index in [4.69, 9.17) is 4.74 Å². The summed E-state index contributed by atoms with van der Waals surface area (Å²) in [6, 6.07) is 8.88. The van der Waals surface area contributed by atoms with Gasteiger partial charge in [-0.2, -0.15) is 0 Å². The first kappa shape index (κ1) is 15.0. The fourth-order valence-electron chi connectivity index (χ4n) is 1.94. The van der Waals surface area contributed by atoms with Crippen LogP contribution in [0, 0.1) is 6.92 Å². The van der Waals surface area contributed by atoms with Gasteiger partial charge in [-0.25, -0.2) is 0 Å². The molecule has 0 radical (unpaired) electrons. The number of benzene rings is 1. The Bertz CT molecular complexity index is 325. The molecule has 0 aromatic heterocycles. The Hall–Kier alpha value is -1.02. The van der Waals surface area contributed by atoms with Crippen molar-refractivity contribution >= 4 is 0 Å². The fraction of sp³-hybridized carbons (Fsp3) is 0.625. The maximum absolute atomic E-state index is 5.73. The molecule has 0 aliphatic heterocycles. The summed E-state index contributed by atoms with van der Waals surface area (Å²) in [7, 11) is 0. The van der Waals surface area contributed by atoms with E-state index >= 15 is 0 Å². The molecule has 0 amide bonds. The average molecular weight is 249 g/mol. The van der Waals surface area contributed by atoms with E-state index in [1.807, 2.05) is 12.1 Å². The van der Waals surface area contributed by atoms with E-state index in [9.17, 15) is 0 Å². The van der Waals surface area contributed by atoms with Crippen molar-refractivity contribution in [1.82, 2.24) is 5.32 Å². The summed E-state index contributed by atoms with van der Waals surface area (Å²) in [5, 5.41) is 3.51. The summed E-state index contributed by atoms with van der Waals surface area (Å²) >= 11 is 0. The molecule has 1 aromatic rings. The maximum Gasteiger partial charge on any atom is 0.119 e. The number of hydrogen-bond donors (Lipinski definition) is 1. The molecule has 0 saturated carbocycles. The molecule has 0 aliphatic rings. The number of rotatable bonds is 9. The standard InChI is InChI=1S/C16H27NO/c1-4-11-17-15(3)9-5-6-12-18-16-10-7-8-14(2)13-16/h7-8,10,13,15,17H,4-6,9,11-12H2,1-3H3. The first-order chi connectivity index (χ1) is 8.72. The first-order valence-corrected chi connectivity index (χ1v) is 7.15. The minimum Gasteiger partial charge on any atom is -0.494 e.